The summed E-state index contributed by atoms with van der Waals surface area (Å²) in [6, 6.07) is 10.6. The molecule has 2 amide bonds. The highest BCUT2D eigenvalue weighted by molar-refractivity contribution is 7.92. The van der Waals surface area contributed by atoms with Gasteiger partial charge in [0.15, 0.2) is 0 Å². The van der Waals surface area contributed by atoms with Gasteiger partial charge in [0, 0.05) is 17.1 Å². The van der Waals surface area contributed by atoms with Gasteiger partial charge in [0.05, 0.1) is 24.1 Å². The predicted octanol–water partition coefficient (Wildman–Crippen LogP) is 4.49. The fourth-order valence-electron chi connectivity index (χ4n) is 3.57. The van der Waals surface area contributed by atoms with Crippen molar-refractivity contribution in [2.45, 2.75) is 52.2 Å². The fraction of sp³-hybridized carbons (Fsp3) is 0.440. The quantitative estimate of drug-likeness (QED) is 0.464. The number of amides is 2. The molecule has 0 bridgehead atoms. The third kappa shape index (κ3) is 8.28. The van der Waals surface area contributed by atoms with Crippen LogP contribution in [0, 0.1) is 0 Å². The van der Waals surface area contributed by atoms with Gasteiger partial charge in [0.2, 0.25) is 21.8 Å². The largest absolute Gasteiger partial charge is 0.497 e. The lowest BCUT2D eigenvalue weighted by molar-refractivity contribution is -0.141. The van der Waals surface area contributed by atoms with Crippen LogP contribution < -0.4 is 14.4 Å². The van der Waals surface area contributed by atoms with E-state index >= 15 is 0 Å². The van der Waals surface area contributed by atoms with Crippen LogP contribution >= 0.6 is 23.2 Å². The van der Waals surface area contributed by atoms with E-state index in [4.69, 9.17) is 27.9 Å². The first-order valence-corrected chi connectivity index (χ1v) is 13.9. The second-order valence-electron chi connectivity index (χ2n) is 9.40. The number of hydrogen-bond acceptors (Lipinski definition) is 5. The minimum Gasteiger partial charge on any atom is -0.497 e. The number of sulfonamides is 1. The monoisotopic (exact) mass is 557 g/mol. The molecule has 0 heterocycles. The maximum absolute atomic E-state index is 13.7. The van der Waals surface area contributed by atoms with Gasteiger partial charge in [0.25, 0.3) is 0 Å². The Labute approximate surface area is 223 Å². The Hall–Kier alpha value is -2.49. The number of carbonyl (C=O) groups is 2. The summed E-state index contributed by atoms with van der Waals surface area (Å²) >= 11 is 12.3. The highest BCUT2D eigenvalue weighted by Crippen LogP contribution is 2.31. The first-order valence-electron chi connectivity index (χ1n) is 11.3. The van der Waals surface area contributed by atoms with Crippen LogP contribution in [-0.4, -0.2) is 56.6 Å². The van der Waals surface area contributed by atoms with Crippen molar-refractivity contribution in [2.75, 3.05) is 24.2 Å². The third-order valence-corrected chi connectivity index (χ3v) is 6.93. The molecule has 2 rings (SSSR count). The molecule has 198 valence electrons. The number of methoxy groups -OCH3 is 1. The summed E-state index contributed by atoms with van der Waals surface area (Å²) in [6.07, 6.45) is 1.30. The van der Waals surface area contributed by atoms with Crippen LogP contribution in [0.3, 0.4) is 0 Å². The molecule has 36 heavy (non-hydrogen) atoms. The Balaban J connectivity index is 2.50. The predicted molar refractivity (Wildman–Crippen MR) is 144 cm³/mol. The van der Waals surface area contributed by atoms with E-state index in [0.29, 0.717) is 12.2 Å². The second kappa shape index (κ2) is 12.2. The summed E-state index contributed by atoms with van der Waals surface area (Å²) in [6.45, 7) is 6.86. The summed E-state index contributed by atoms with van der Waals surface area (Å²) < 4.78 is 31.5. The highest BCUT2D eigenvalue weighted by Gasteiger charge is 2.33. The topological polar surface area (TPSA) is 96.0 Å². The summed E-state index contributed by atoms with van der Waals surface area (Å²) in [5.74, 6) is -0.255. The first kappa shape index (κ1) is 29.7. The molecule has 2 aromatic rings. The summed E-state index contributed by atoms with van der Waals surface area (Å²) in [4.78, 5) is 28.3. The zero-order valence-electron chi connectivity index (χ0n) is 21.3. The minimum atomic E-state index is -3.92. The van der Waals surface area contributed by atoms with E-state index in [1.807, 2.05) is 20.8 Å². The lowest BCUT2D eigenvalue weighted by Gasteiger charge is -2.34. The first-order chi connectivity index (χ1) is 16.7. The Bertz CT molecular complexity index is 1180. The number of nitrogens with zero attached hydrogens (tertiary/aromatic N) is 2. The van der Waals surface area contributed by atoms with Crippen molar-refractivity contribution in [2.24, 2.45) is 0 Å². The molecule has 11 heteroatoms. The zero-order valence-corrected chi connectivity index (χ0v) is 23.7. The maximum Gasteiger partial charge on any atom is 0.244 e. The van der Waals surface area contributed by atoms with Crippen LogP contribution in [0.15, 0.2) is 42.5 Å². The molecule has 0 saturated heterocycles. The van der Waals surface area contributed by atoms with E-state index in [2.05, 4.69) is 5.32 Å². The minimum absolute atomic E-state index is 0.0802. The van der Waals surface area contributed by atoms with Gasteiger partial charge in [-0.3, -0.25) is 13.9 Å². The Morgan fingerprint density at radius 3 is 2.19 bits per heavy atom. The SMILES string of the molecule is CCC(C(=O)NC(C)(C)C)N(Cc1ccc(OC)cc1)C(=O)CN(c1cc(Cl)ccc1Cl)S(C)(=O)=O. The van der Waals surface area contributed by atoms with Gasteiger partial charge in [-0.05, 0) is 63.1 Å². The van der Waals surface area contributed by atoms with E-state index in [9.17, 15) is 18.0 Å². The van der Waals surface area contributed by atoms with Crippen molar-refractivity contribution in [3.63, 3.8) is 0 Å². The second-order valence-corrected chi connectivity index (χ2v) is 12.1. The van der Waals surface area contributed by atoms with Crippen LogP contribution in [0.2, 0.25) is 10.0 Å². The number of nitrogens with one attached hydrogen (secondary N) is 1. The summed E-state index contributed by atoms with van der Waals surface area (Å²) in [7, 11) is -2.37. The number of ether oxygens (including phenoxy) is 1. The molecule has 1 N–H and O–H groups in total. The molecule has 0 aromatic heterocycles. The molecule has 1 unspecified atom stereocenters. The summed E-state index contributed by atoms with van der Waals surface area (Å²) in [5, 5.41) is 3.31. The maximum atomic E-state index is 13.7. The Kier molecular flexibility index (Phi) is 10.0. The Morgan fingerprint density at radius 2 is 1.69 bits per heavy atom. The van der Waals surface area contributed by atoms with Crippen LogP contribution in [0.1, 0.15) is 39.7 Å². The van der Waals surface area contributed by atoms with E-state index in [1.165, 1.54) is 23.1 Å². The molecule has 8 nitrogen and oxygen atoms in total. The average Bonchev–Trinajstić information content (AvgIpc) is 2.77. The van der Waals surface area contributed by atoms with Gasteiger partial charge in [0.1, 0.15) is 18.3 Å². The number of hydrogen-bond donors (Lipinski definition) is 1. The molecule has 0 spiro atoms. The van der Waals surface area contributed by atoms with Crippen LogP contribution in [0.5, 0.6) is 5.75 Å². The van der Waals surface area contributed by atoms with E-state index in [0.717, 1.165) is 16.1 Å². The van der Waals surface area contributed by atoms with Crippen molar-refractivity contribution >= 4 is 50.7 Å². The van der Waals surface area contributed by atoms with Crippen LogP contribution in [0.25, 0.3) is 0 Å². The smallest absolute Gasteiger partial charge is 0.244 e. The molecule has 0 aliphatic heterocycles. The number of halogens is 2. The van der Waals surface area contributed by atoms with Crippen molar-refractivity contribution in [3.8, 4) is 5.75 Å². The number of anilines is 1. The van der Waals surface area contributed by atoms with Gasteiger partial charge in [-0.2, -0.15) is 0 Å². The lowest BCUT2D eigenvalue weighted by Crippen LogP contribution is -2.55. The van der Waals surface area contributed by atoms with Gasteiger partial charge in [-0.1, -0.05) is 42.3 Å². The van der Waals surface area contributed by atoms with E-state index in [1.54, 1.807) is 38.3 Å². The van der Waals surface area contributed by atoms with E-state index in [-0.39, 0.29) is 28.2 Å². The molecular formula is C25H33Cl2N3O5S. The van der Waals surface area contributed by atoms with Gasteiger partial charge in [-0.25, -0.2) is 8.42 Å². The van der Waals surface area contributed by atoms with Crippen LogP contribution in [0.4, 0.5) is 5.69 Å². The normalized spacial score (nSPS) is 12.6. The number of carbonyl (C=O) groups excluding carboxylic acids is 2. The van der Waals surface area contributed by atoms with E-state index < -0.39 is 34.1 Å². The molecule has 0 fully saturated rings. The molecule has 1 atom stereocenters. The molecule has 0 aliphatic carbocycles. The Morgan fingerprint density at radius 1 is 1.08 bits per heavy atom. The van der Waals surface area contributed by atoms with Crippen molar-refractivity contribution in [1.82, 2.24) is 10.2 Å². The van der Waals surface area contributed by atoms with Crippen molar-refractivity contribution < 1.29 is 22.7 Å². The average molecular weight is 559 g/mol. The lowest BCUT2D eigenvalue weighted by atomic mass is 10.1. The van der Waals surface area contributed by atoms with Crippen LogP contribution in [-0.2, 0) is 26.2 Å². The zero-order chi connectivity index (χ0) is 27.3. The molecule has 2 aromatic carbocycles. The third-order valence-electron chi connectivity index (χ3n) is 5.25. The summed E-state index contributed by atoms with van der Waals surface area (Å²) in [5.41, 5.74) is 0.307. The van der Waals surface area contributed by atoms with Gasteiger partial charge < -0.3 is 15.0 Å². The fourth-order valence-corrected chi connectivity index (χ4v) is 4.86. The van der Waals surface area contributed by atoms with Crippen molar-refractivity contribution in [1.29, 1.82) is 0 Å². The molecule has 0 radical (unpaired) electrons. The van der Waals surface area contributed by atoms with Crippen molar-refractivity contribution in [3.05, 3.63) is 58.1 Å². The molecule has 0 aliphatic rings. The van der Waals surface area contributed by atoms with Gasteiger partial charge >= 0.3 is 0 Å². The van der Waals surface area contributed by atoms with Gasteiger partial charge in [-0.15, -0.1) is 0 Å². The highest BCUT2D eigenvalue weighted by atomic mass is 35.5. The molecular weight excluding hydrogens is 525 g/mol. The standard InChI is InChI=1S/C25H33Cl2N3O5S/c1-7-21(24(32)28-25(2,3)4)29(15-17-8-11-19(35-5)12-9-17)23(31)16-30(36(6,33)34)22-14-18(26)10-13-20(22)27/h8-14,21H,7,15-16H2,1-6H3,(H,28,32). The molecule has 0 saturated carbocycles. The number of benzene rings is 2. The number of rotatable bonds is 10.